The molecular formula is C12H15NO2. The minimum Gasteiger partial charge on any atom is -0.481 e. The molecule has 0 spiro atoms. The van der Waals surface area contributed by atoms with Gasteiger partial charge in [0.1, 0.15) is 0 Å². The van der Waals surface area contributed by atoms with E-state index in [0.29, 0.717) is 0 Å². The maximum absolute atomic E-state index is 10.9. The number of carboxylic acids is 1. The number of carboxylic acid groups (broad SMARTS) is 1. The van der Waals surface area contributed by atoms with Crippen LogP contribution in [0.15, 0.2) is 24.3 Å². The highest BCUT2D eigenvalue weighted by atomic mass is 16.4. The normalized spacial score (nSPS) is 24.0. The SMILES string of the molecule is CN1CC(C)(CC(=O)O)c2ccccc21. The third-order valence-electron chi connectivity index (χ3n) is 3.09. The van der Waals surface area contributed by atoms with Crippen LogP contribution in [-0.4, -0.2) is 24.7 Å². The Morgan fingerprint density at radius 2 is 2.20 bits per heavy atom. The predicted molar refractivity (Wildman–Crippen MR) is 59.3 cm³/mol. The summed E-state index contributed by atoms with van der Waals surface area (Å²) in [6, 6.07) is 8.03. The van der Waals surface area contributed by atoms with Crippen LogP contribution in [0.25, 0.3) is 0 Å². The van der Waals surface area contributed by atoms with E-state index in [9.17, 15) is 4.79 Å². The van der Waals surface area contributed by atoms with Gasteiger partial charge in [-0.2, -0.15) is 0 Å². The van der Waals surface area contributed by atoms with Gasteiger partial charge in [0, 0.05) is 24.7 Å². The third kappa shape index (κ3) is 1.58. The molecule has 0 radical (unpaired) electrons. The average molecular weight is 205 g/mol. The van der Waals surface area contributed by atoms with E-state index in [1.165, 1.54) is 0 Å². The summed E-state index contributed by atoms with van der Waals surface area (Å²) in [5.41, 5.74) is 2.05. The van der Waals surface area contributed by atoms with Gasteiger partial charge in [0.15, 0.2) is 0 Å². The lowest BCUT2D eigenvalue weighted by molar-refractivity contribution is -0.138. The second-order valence-electron chi connectivity index (χ2n) is 4.50. The molecule has 0 saturated heterocycles. The lowest BCUT2D eigenvalue weighted by Crippen LogP contribution is -2.31. The van der Waals surface area contributed by atoms with E-state index in [0.717, 1.165) is 17.8 Å². The van der Waals surface area contributed by atoms with Crippen molar-refractivity contribution in [2.75, 3.05) is 18.5 Å². The van der Waals surface area contributed by atoms with Gasteiger partial charge in [-0.25, -0.2) is 0 Å². The number of para-hydroxylation sites is 1. The molecule has 1 N–H and O–H groups in total. The van der Waals surface area contributed by atoms with Crippen molar-refractivity contribution in [2.45, 2.75) is 18.8 Å². The van der Waals surface area contributed by atoms with Crippen molar-refractivity contribution in [2.24, 2.45) is 0 Å². The van der Waals surface area contributed by atoms with E-state index in [1.807, 2.05) is 38.2 Å². The topological polar surface area (TPSA) is 40.5 Å². The lowest BCUT2D eigenvalue weighted by atomic mass is 9.81. The van der Waals surface area contributed by atoms with Gasteiger partial charge in [-0.15, -0.1) is 0 Å². The van der Waals surface area contributed by atoms with Gasteiger partial charge in [0.2, 0.25) is 0 Å². The maximum Gasteiger partial charge on any atom is 0.304 e. The van der Waals surface area contributed by atoms with Crippen molar-refractivity contribution in [3.8, 4) is 0 Å². The summed E-state index contributed by atoms with van der Waals surface area (Å²) in [6.07, 6.45) is 0.189. The van der Waals surface area contributed by atoms with Gasteiger partial charge in [-0.3, -0.25) is 4.79 Å². The van der Waals surface area contributed by atoms with Crippen LogP contribution in [-0.2, 0) is 10.2 Å². The summed E-state index contributed by atoms with van der Waals surface area (Å²) in [6.45, 7) is 2.79. The largest absolute Gasteiger partial charge is 0.481 e. The Labute approximate surface area is 89.3 Å². The summed E-state index contributed by atoms with van der Waals surface area (Å²) >= 11 is 0. The van der Waals surface area contributed by atoms with E-state index < -0.39 is 5.97 Å². The van der Waals surface area contributed by atoms with Crippen molar-refractivity contribution in [1.82, 2.24) is 0 Å². The number of likely N-dealkylation sites (N-methyl/N-ethyl adjacent to an activating group) is 1. The fraction of sp³-hybridized carbons (Fsp3) is 0.417. The molecule has 0 aliphatic carbocycles. The van der Waals surface area contributed by atoms with Crippen LogP contribution >= 0.6 is 0 Å². The summed E-state index contributed by atoms with van der Waals surface area (Å²) in [5.74, 6) is -0.734. The number of hydrogen-bond acceptors (Lipinski definition) is 2. The number of carbonyl (C=O) groups is 1. The van der Waals surface area contributed by atoms with Crippen LogP contribution in [0, 0.1) is 0 Å². The molecule has 1 heterocycles. The predicted octanol–water partition coefficient (Wildman–Crippen LogP) is 1.87. The van der Waals surface area contributed by atoms with E-state index in [1.54, 1.807) is 0 Å². The van der Waals surface area contributed by atoms with Crippen molar-refractivity contribution >= 4 is 11.7 Å². The first-order valence-electron chi connectivity index (χ1n) is 5.05. The molecule has 1 aliphatic rings. The van der Waals surface area contributed by atoms with Crippen molar-refractivity contribution in [3.05, 3.63) is 29.8 Å². The van der Waals surface area contributed by atoms with Gasteiger partial charge in [-0.1, -0.05) is 25.1 Å². The molecule has 0 fully saturated rings. The monoisotopic (exact) mass is 205 g/mol. The van der Waals surface area contributed by atoms with Crippen LogP contribution < -0.4 is 4.90 Å². The Kier molecular flexibility index (Phi) is 2.18. The second-order valence-corrected chi connectivity index (χ2v) is 4.50. The summed E-state index contributed by atoms with van der Waals surface area (Å²) < 4.78 is 0. The molecule has 3 nitrogen and oxygen atoms in total. The van der Waals surface area contributed by atoms with E-state index in [4.69, 9.17) is 5.11 Å². The zero-order valence-electron chi connectivity index (χ0n) is 9.03. The minimum atomic E-state index is -0.734. The molecule has 0 saturated carbocycles. The van der Waals surface area contributed by atoms with Gasteiger partial charge < -0.3 is 10.0 Å². The van der Waals surface area contributed by atoms with Gasteiger partial charge in [0.05, 0.1) is 6.42 Å². The zero-order valence-corrected chi connectivity index (χ0v) is 9.03. The van der Waals surface area contributed by atoms with Crippen LogP contribution in [0.4, 0.5) is 5.69 Å². The zero-order chi connectivity index (χ0) is 11.1. The highest BCUT2D eigenvalue weighted by Crippen LogP contribution is 2.41. The van der Waals surface area contributed by atoms with E-state index in [-0.39, 0.29) is 11.8 Å². The van der Waals surface area contributed by atoms with Gasteiger partial charge in [0.25, 0.3) is 0 Å². The number of anilines is 1. The quantitative estimate of drug-likeness (QED) is 0.801. The van der Waals surface area contributed by atoms with E-state index >= 15 is 0 Å². The minimum absolute atomic E-state index is 0.189. The Hall–Kier alpha value is -1.51. The first-order chi connectivity index (χ1) is 7.03. The molecule has 3 heteroatoms. The summed E-state index contributed by atoms with van der Waals surface area (Å²) in [4.78, 5) is 13.0. The Bertz CT molecular complexity index is 402. The highest BCUT2D eigenvalue weighted by molar-refractivity contribution is 5.72. The van der Waals surface area contributed by atoms with Crippen LogP contribution in [0.1, 0.15) is 18.9 Å². The molecule has 0 aromatic heterocycles. The number of nitrogens with zero attached hydrogens (tertiary/aromatic N) is 1. The summed E-state index contributed by atoms with van der Waals surface area (Å²) in [5, 5.41) is 8.93. The maximum atomic E-state index is 10.9. The van der Waals surface area contributed by atoms with Crippen molar-refractivity contribution < 1.29 is 9.90 Å². The Morgan fingerprint density at radius 1 is 1.53 bits per heavy atom. The summed E-state index contributed by atoms with van der Waals surface area (Å²) in [7, 11) is 2.01. The molecule has 1 unspecified atom stereocenters. The second kappa shape index (κ2) is 3.26. The molecule has 1 aliphatic heterocycles. The fourth-order valence-electron chi connectivity index (χ4n) is 2.50. The molecular weight excluding hydrogens is 190 g/mol. The first-order valence-corrected chi connectivity index (χ1v) is 5.05. The smallest absolute Gasteiger partial charge is 0.304 e. The molecule has 0 amide bonds. The standard InChI is InChI=1S/C12H15NO2/c1-12(7-11(14)15)8-13(2)10-6-4-3-5-9(10)12/h3-6H,7-8H2,1-2H3,(H,14,15). The fourth-order valence-corrected chi connectivity index (χ4v) is 2.50. The lowest BCUT2D eigenvalue weighted by Gasteiger charge is -2.22. The molecule has 2 rings (SSSR count). The molecule has 1 aromatic rings. The Morgan fingerprint density at radius 3 is 2.87 bits per heavy atom. The van der Waals surface area contributed by atoms with Crippen LogP contribution in [0.5, 0.6) is 0 Å². The molecule has 1 atom stereocenters. The number of aliphatic carboxylic acids is 1. The molecule has 80 valence electrons. The first kappa shape index (κ1) is 10.0. The third-order valence-corrected chi connectivity index (χ3v) is 3.09. The molecule has 0 bridgehead atoms. The van der Waals surface area contributed by atoms with Crippen molar-refractivity contribution in [1.29, 1.82) is 0 Å². The molecule has 1 aromatic carbocycles. The number of rotatable bonds is 2. The Balaban J connectivity index is 2.43. The molecule has 15 heavy (non-hydrogen) atoms. The van der Waals surface area contributed by atoms with Crippen LogP contribution in [0.3, 0.4) is 0 Å². The average Bonchev–Trinajstić information content (AvgIpc) is 2.39. The van der Waals surface area contributed by atoms with Gasteiger partial charge in [-0.05, 0) is 11.6 Å². The van der Waals surface area contributed by atoms with Gasteiger partial charge >= 0.3 is 5.97 Å². The number of benzene rings is 1. The van der Waals surface area contributed by atoms with Crippen molar-refractivity contribution in [3.63, 3.8) is 0 Å². The van der Waals surface area contributed by atoms with E-state index in [2.05, 4.69) is 4.90 Å². The van der Waals surface area contributed by atoms with Crippen LogP contribution in [0.2, 0.25) is 0 Å². The number of hydrogen-bond donors (Lipinski definition) is 1. The number of fused-ring (bicyclic) bond motifs is 1. The highest BCUT2D eigenvalue weighted by Gasteiger charge is 2.38.